The van der Waals surface area contributed by atoms with Crippen LogP contribution < -0.4 is 4.74 Å². The Hall–Kier alpha value is -2.74. The molecule has 0 amide bonds. The minimum Gasteiger partial charge on any atom is -0.507 e. The van der Waals surface area contributed by atoms with Crippen LogP contribution in [-0.4, -0.2) is 11.7 Å². The van der Waals surface area contributed by atoms with Gasteiger partial charge in [0.25, 0.3) is 0 Å². The normalized spacial score (nSPS) is 10.8. The molecule has 3 rings (SSSR count). The van der Waals surface area contributed by atoms with Crippen molar-refractivity contribution in [3.8, 4) is 33.8 Å². The van der Waals surface area contributed by atoms with Gasteiger partial charge in [0.1, 0.15) is 11.5 Å². The predicted molar refractivity (Wildman–Crippen MR) is 118 cm³/mol. The van der Waals surface area contributed by atoms with E-state index in [1.165, 1.54) is 37.7 Å². The van der Waals surface area contributed by atoms with Gasteiger partial charge in [-0.1, -0.05) is 87.6 Å². The Morgan fingerprint density at radius 2 is 1.39 bits per heavy atom. The first kappa shape index (κ1) is 20.0. The Morgan fingerprint density at radius 3 is 2.18 bits per heavy atom. The largest absolute Gasteiger partial charge is 0.507 e. The highest BCUT2D eigenvalue weighted by Gasteiger charge is 2.08. The Morgan fingerprint density at radius 1 is 0.679 bits per heavy atom. The van der Waals surface area contributed by atoms with E-state index in [1.807, 2.05) is 42.5 Å². The van der Waals surface area contributed by atoms with Crippen molar-refractivity contribution in [1.82, 2.24) is 0 Å². The van der Waals surface area contributed by atoms with Gasteiger partial charge in [0, 0.05) is 11.6 Å². The molecule has 0 heterocycles. The zero-order valence-corrected chi connectivity index (χ0v) is 16.7. The van der Waals surface area contributed by atoms with Crippen molar-refractivity contribution in [2.75, 3.05) is 6.61 Å². The molecule has 2 nitrogen and oxygen atoms in total. The number of ether oxygens (including phenoxy) is 1. The summed E-state index contributed by atoms with van der Waals surface area (Å²) in [4.78, 5) is 0. The average molecular weight is 375 g/mol. The zero-order chi connectivity index (χ0) is 19.6. The summed E-state index contributed by atoms with van der Waals surface area (Å²) in [6.07, 6.45) is 7.45. The van der Waals surface area contributed by atoms with Crippen LogP contribution in [0.5, 0.6) is 11.5 Å². The van der Waals surface area contributed by atoms with Crippen molar-refractivity contribution in [3.05, 3.63) is 72.8 Å². The van der Waals surface area contributed by atoms with Gasteiger partial charge >= 0.3 is 0 Å². The van der Waals surface area contributed by atoms with E-state index in [0.717, 1.165) is 28.9 Å². The van der Waals surface area contributed by atoms with E-state index in [1.54, 1.807) is 6.07 Å². The number of hydrogen-bond acceptors (Lipinski definition) is 2. The van der Waals surface area contributed by atoms with Gasteiger partial charge in [-0.2, -0.15) is 0 Å². The third-order valence-electron chi connectivity index (χ3n) is 5.02. The van der Waals surface area contributed by atoms with E-state index in [2.05, 4.69) is 31.2 Å². The van der Waals surface area contributed by atoms with Crippen molar-refractivity contribution in [3.63, 3.8) is 0 Å². The van der Waals surface area contributed by atoms with Gasteiger partial charge in [-0.3, -0.25) is 0 Å². The van der Waals surface area contributed by atoms with E-state index < -0.39 is 0 Å². The topological polar surface area (TPSA) is 29.5 Å². The van der Waals surface area contributed by atoms with E-state index in [9.17, 15) is 5.11 Å². The number of hydrogen-bond donors (Lipinski definition) is 1. The number of rotatable bonds is 10. The maximum Gasteiger partial charge on any atom is 0.127 e. The van der Waals surface area contributed by atoms with Crippen LogP contribution in [0.3, 0.4) is 0 Å². The second-order valence-electron chi connectivity index (χ2n) is 7.24. The Bertz CT molecular complexity index is 855. The van der Waals surface area contributed by atoms with Crippen molar-refractivity contribution in [2.24, 2.45) is 0 Å². The van der Waals surface area contributed by atoms with Crippen LogP contribution in [0.25, 0.3) is 22.3 Å². The minimum atomic E-state index is 0.255. The average Bonchev–Trinajstić information content (AvgIpc) is 2.74. The van der Waals surface area contributed by atoms with Crippen LogP contribution in [0.15, 0.2) is 72.8 Å². The fourth-order valence-electron chi connectivity index (χ4n) is 3.41. The highest BCUT2D eigenvalue weighted by atomic mass is 16.5. The van der Waals surface area contributed by atoms with Gasteiger partial charge in [-0.25, -0.2) is 0 Å². The zero-order valence-electron chi connectivity index (χ0n) is 16.7. The van der Waals surface area contributed by atoms with Crippen molar-refractivity contribution < 1.29 is 9.84 Å². The maximum absolute atomic E-state index is 10.5. The molecule has 2 heteroatoms. The molecule has 0 saturated heterocycles. The highest BCUT2D eigenvalue weighted by Crippen LogP contribution is 2.34. The number of phenols is 1. The van der Waals surface area contributed by atoms with Crippen LogP contribution in [0, 0.1) is 0 Å². The lowest BCUT2D eigenvalue weighted by Crippen LogP contribution is -1.97. The van der Waals surface area contributed by atoms with Gasteiger partial charge < -0.3 is 9.84 Å². The van der Waals surface area contributed by atoms with Crippen molar-refractivity contribution in [1.29, 1.82) is 0 Å². The predicted octanol–water partition coefficient (Wildman–Crippen LogP) is 7.47. The summed E-state index contributed by atoms with van der Waals surface area (Å²) < 4.78 is 5.82. The Labute approximate surface area is 168 Å². The molecular formula is C26H30O2. The molecule has 0 spiro atoms. The molecule has 28 heavy (non-hydrogen) atoms. The van der Waals surface area contributed by atoms with Crippen LogP contribution in [0.2, 0.25) is 0 Å². The molecule has 0 aliphatic rings. The second-order valence-corrected chi connectivity index (χ2v) is 7.24. The quantitative estimate of drug-likeness (QED) is 0.373. The van der Waals surface area contributed by atoms with Crippen molar-refractivity contribution >= 4 is 0 Å². The van der Waals surface area contributed by atoms with E-state index in [-0.39, 0.29) is 5.75 Å². The lowest BCUT2D eigenvalue weighted by Gasteiger charge is -2.11. The third-order valence-corrected chi connectivity index (χ3v) is 5.02. The first-order chi connectivity index (χ1) is 13.8. The molecule has 3 aromatic rings. The summed E-state index contributed by atoms with van der Waals surface area (Å²) in [6.45, 7) is 2.94. The lowest BCUT2D eigenvalue weighted by atomic mass is 9.98. The summed E-state index contributed by atoms with van der Waals surface area (Å²) in [5.41, 5.74) is 4.13. The number of unbranched alkanes of at least 4 members (excludes halogenated alkanes) is 5. The van der Waals surface area contributed by atoms with Gasteiger partial charge in [0.05, 0.1) is 6.61 Å². The second kappa shape index (κ2) is 10.6. The molecule has 1 N–H and O–H groups in total. The SMILES string of the molecule is CCCCCCCCOc1ccc(-c2cccc(-c3ccccc3)c2)c(O)c1. The summed E-state index contributed by atoms with van der Waals surface area (Å²) >= 11 is 0. The van der Waals surface area contributed by atoms with Crippen LogP contribution in [0.4, 0.5) is 0 Å². The maximum atomic E-state index is 10.5. The van der Waals surface area contributed by atoms with Gasteiger partial charge in [-0.15, -0.1) is 0 Å². The summed E-state index contributed by atoms with van der Waals surface area (Å²) in [5, 5.41) is 10.5. The molecule has 0 fully saturated rings. The molecule has 3 aromatic carbocycles. The van der Waals surface area contributed by atoms with Gasteiger partial charge in [0.2, 0.25) is 0 Å². The number of benzene rings is 3. The summed E-state index contributed by atoms with van der Waals surface area (Å²) in [6, 6.07) is 24.1. The first-order valence-electron chi connectivity index (χ1n) is 10.4. The standard InChI is InChI=1S/C26H30O2/c1-2-3-4-5-6-10-18-28-24-16-17-25(26(27)20-24)23-15-11-14-22(19-23)21-12-8-7-9-13-21/h7-9,11-17,19-20,27H,2-6,10,18H2,1H3. The van der Waals surface area contributed by atoms with E-state index in [0.29, 0.717) is 6.61 Å². The Balaban J connectivity index is 1.61. The molecule has 0 atom stereocenters. The fourth-order valence-corrected chi connectivity index (χ4v) is 3.41. The fraction of sp³-hybridized carbons (Fsp3) is 0.308. The van der Waals surface area contributed by atoms with Crippen LogP contribution in [0.1, 0.15) is 45.4 Å². The first-order valence-corrected chi connectivity index (χ1v) is 10.4. The summed E-state index contributed by atoms with van der Waals surface area (Å²) in [5.74, 6) is 0.986. The monoisotopic (exact) mass is 374 g/mol. The third kappa shape index (κ3) is 5.63. The van der Waals surface area contributed by atoms with E-state index in [4.69, 9.17) is 4.74 Å². The molecule has 0 bridgehead atoms. The highest BCUT2D eigenvalue weighted by molar-refractivity contribution is 5.76. The number of aromatic hydroxyl groups is 1. The molecular weight excluding hydrogens is 344 g/mol. The molecule has 0 aliphatic carbocycles. The van der Waals surface area contributed by atoms with Crippen molar-refractivity contribution in [2.45, 2.75) is 45.4 Å². The van der Waals surface area contributed by atoms with E-state index >= 15 is 0 Å². The molecule has 0 aromatic heterocycles. The number of phenolic OH excluding ortho intramolecular Hbond substituents is 1. The molecule has 0 unspecified atom stereocenters. The smallest absolute Gasteiger partial charge is 0.127 e. The molecule has 0 saturated carbocycles. The molecule has 0 aliphatic heterocycles. The van der Waals surface area contributed by atoms with Gasteiger partial charge in [0.15, 0.2) is 0 Å². The Kier molecular flexibility index (Phi) is 7.54. The van der Waals surface area contributed by atoms with Crippen LogP contribution >= 0.6 is 0 Å². The lowest BCUT2D eigenvalue weighted by molar-refractivity contribution is 0.303. The summed E-state index contributed by atoms with van der Waals surface area (Å²) in [7, 11) is 0. The van der Waals surface area contributed by atoms with Gasteiger partial charge in [-0.05, 0) is 41.3 Å². The molecule has 146 valence electrons. The molecule has 0 radical (unpaired) electrons. The van der Waals surface area contributed by atoms with Crippen LogP contribution in [-0.2, 0) is 0 Å². The minimum absolute atomic E-state index is 0.255.